The Hall–Kier alpha value is -5.29. The summed E-state index contributed by atoms with van der Waals surface area (Å²) in [5.41, 5.74) is -0.723. The van der Waals surface area contributed by atoms with Gasteiger partial charge in [0.25, 0.3) is 5.56 Å². The molecule has 10 nitrogen and oxygen atoms in total. The predicted octanol–water partition coefficient (Wildman–Crippen LogP) is 3.90. The molecule has 0 saturated carbocycles. The molecule has 3 aromatic carbocycles. The summed E-state index contributed by atoms with van der Waals surface area (Å²) in [6.45, 7) is -0.480. The first kappa shape index (κ1) is 28.2. The Kier molecular flexibility index (Phi) is 8.39. The van der Waals surface area contributed by atoms with E-state index in [1.807, 2.05) is 0 Å². The zero-order valence-electron chi connectivity index (χ0n) is 21.9. The van der Waals surface area contributed by atoms with Crippen molar-refractivity contribution in [1.82, 2.24) is 4.57 Å². The molecule has 1 aliphatic heterocycles. The maximum absolute atomic E-state index is 14.5. The van der Waals surface area contributed by atoms with Gasteiger partial charge in [-0.3, -0.25) is 9.36 Å². The standard InChI is InChI=1S/C31H24FNO9/c32-24-22(34)16-17-33(27(24)35)28-26(42-31(38)21-14-8-3-9-15-21)25(41-30(37)20-12-6-2-7-13-20)23(40-28)18-39-29(36)19-10-4-1-5-11-19/h1-17,23,25-26,28,34H,18H2/t23-,25-,26-,28-/m1/s1. The third kappa shape index (κ3) is 6.06. The van der Waals surface area contributed by atoms with Gasteiger partial charge in [0.15, 0.2) is 24.2 Å². The molecule has 1 N–H and O–H groups in total. The van der Waals surface area contributed by atoms with Crippen molar-refractivity contribution in [3.8, 4) is 5.75 Å². The van der Waals surface area contributed by atoms with E-state index in [0.29, 0.717) is 0 Å². The van der Waals surface area contributed by atoms with Gasteiger partial charge in [0.1, 0.15) is 12.7 Å². The fourth-order valence-corrected chi connectivity index (χ4v) is 4.40. The van der Waals surface area contributed by atoms with Gasteiger partial charge in [-0.15, -0.1) is 0 Å². The molecule has 1 fully saturated rings. The highest BCUT2D eigenvalue weighted by atomic mass is 19.1. The summed E-state index contributed by atoms with van der Waals surface area (Å²) >= 11 is 0. The van der Waals surface area contributed by atoms with Crippen molar-refractivity contribution >= 4 is 17.9 Å². The van der Waals surface area contributed by atoms with Gasteiger partial charge in [-0.25, -0.2) is 14.4 Å². The van der Waals surface area contributed by atoms with Crippen molar-refractivity contribution in [3.05, 3.63) is 136 Å². The summed E-state index contributed by atoms with van der Waals surface area (Å²) in [5.74, 6) is -4.72. The molecule has 2 heterocycles. The smallest absolute Gasteiger partial charge is 0.338 e. The molecule has 1 saturated heterocycles. The molecule has 11 heteroatoms. The average molecular weight is 574 g/mol. The second-order valence-electron chi connectivity index (χ2n) is 9.23. The van der Waals surface area contributed by atoms with Gasteiger partial charge in [0.05, 0.1) is 16.7 Å². The number of halogens is 1. The van der Waals surface area contributed by atoms with E-state index in [1.165, 1.54) is 36.4 Å². The summed E-state index contributed by atoms with van der Waals surface area (Å²) in [7, 11) is 0. The Balaban J connectivity index is 1.51. The monoisotopic (exact) mass is 573 g/mol. The van der Waals surface area contributed by atoms with E-state index < -0.39 is 66.2 Å². The van der Waals surface area contributed by atoms with Crippen LogP contribution in [0.25, 0.3) is 0 Å². The second kappa shape index (κ2) is 12.5. The molecule has 1 aliphatic rings. The number of esters is 3. The molecule has 4 aromatic rings. The number of rotatable bonds is 8. The molecule has 0 bridgehead atoms. The van der Waals surface area contributed by atoms with Crippen LogP contribution in [0.5, 0.6) is 5.75 Å². The molecule has 1 aromatic heterocycles. The van der Waals surface area contributed by atoms with E-state index in [9.17, 15) is 28.7 Å². The van der Waals surface area contributed by atoms with Gasteiger partial charge in [0.2, 0.25) is 5.82 Å². The largest absolute Gasteiger partial charge is 0.505 e. The lowest BCUT2D eigenvalue weighted by Crippen LogP contribution is -2.42. The van der Waals surface area contributed by atoms with Crippen LogP contribution in [0.2, 0.25) is 0 Å². The fraction of sp³-hybridized carbons (Fsp3) is 0.161. The number of aromatic hydroxyl groups is 1. The van der Waals surface area contributed by atoms with Crippen LogP contribution in [0.3, 0.4) is 0 Å². The first-order valence-corrected chi connectivity index (χ1v) is 12.8. The van der Waals surface area contributed by atoms with Crippen molar-refractivity contribution < 1.29 is 42.8 Å². The van der Waals surface area contributed by atoms with Crippen LogP contribution in [0.4, 0.5) is 4.39 Å². The third-order valence-corrected chi connectivity index (χ3v) is 6.49. The maximum Gasteiger partial charge on any atom is 0.338 e. The quantitative estimate of drug-likeness (QED) is 0.246. The van der Waals surface area contributed by atoms with Crippen LogP contribution < -0.4 is 5.56 Å². The third-order valence-electron chi connectivity index (χ3n) is 6.49. The molecule has 5 rings (SSSR count). The van der Waals surface area contributed by atoms with Crippen LogP contribution in [-0.4, -0.2) is 52.5 Å². The van der Waals surface area contributed by atoms with Gasteiger partial charge in [-0.1, -0.05) is 54.6 Å². The zero-order chi connectivity index (χ0) is 29.6. The van der Waals surface area contributed by atoms with Gasteiger partial charge in [0, 0.05) is 6.20 Å². The normalized spacial score (nSPS) is 19.5. The van der Waals surface area contributed by atoms with E-state index >= 15 is 0 Å². The summed E-state index contributed by atoms with van der Waals surface area (Å²) in [5, 5.41) is 9.69. The number of pyridine rings is 1. The Morgan fingerprint density at radius 2 is 1.21 bits per heavy atom. The molecule has 0 aliphatic carbocycles. The number of aromatic nitrogens is 1. The van der Waals surface area contributed by atoms with Crippen LogP contribution >= 0.6 is 0 Å². The number of hydrogen-bond acceptors (Lipinski definition) is 9. The fourth-order valence-electron chi connectivity index (χ4n) is 4.40. The minimum atomic E-state index is -1.53. The van der Waals surface area contributed by atoms with Crippen molar-refractivity contribution in [3.63, 3.8) is 0 Å². The van der Waals surface area contributed by atoms with E-state index in [4.69, 9.17) is 18.9 Å². The highest BCUT2D eigenvalue weighted by Crippen LogP contribution is 2.35. The molecule has 0 amide bonds. The van der Waals surface area contributed by atoms with Gasteiger partial charge >= 0.3 is 17.9 Å². The Morgan fingerprint density at radius 3 is 1.74 bits per heavy atom. The van der Waals surface area contributed by atoms with Crippen molar-refractivity contribution in [1.29, 1.82) is 0 Å². The molecule has 214 valence electrons. The van der Waals surface area contributed by atoms with Gasteiger partial charge in [-0.05, 0) is 42.5 Å². The van der Waals surface area contributed by atoms with Crippen molar-refractivity contribution in [2.75, 3.05) is 6.61 Å². The topological polar surface area (TPSA) is 130 Å². The van der Waals surface area contributed by atoms with E-state index in [2.05, 4.69) is 0 Å². The lowest BCUT2D eigenvalue weighted by Gasteiger charge is -2.25. The lowest BCUT2D eigenvalue weighted by atomic mass is 10.1. The summed E-state index contributed by atoms with van der Waals surface area (Å²) in [6.07, 6.45) is -4.67. The van der Waals surface area contributed by atoms with Crippen LogP contribution in [0.15, 0.2) is 108 Å². The van der Waals surface area contributed by atoms with Crippen molar-refractivity contribution in [2.24, 2.45) is 0 Å². The first-order valence-electron chi connectivity index (χ1n) is 12.8. The molecule has 42 heavy (non-hydrogen) atoms. The van der Waals surface area contributed by atoms with Gasteiger partial charge in [-0.2, -0.15) is 4.39 Å². The summed E-state index contributed by atoms with van der Waals surface area (Å²) < 4.78 is 38.1. The minimum absolute atomic E-state index is 0.146. The average Bonchev–Trinajstić information content (AvgIpc) is 3.35. The van der Waals surface area contributed by atoms with Crippen LogP contribution in [0.1, 0.15) is 37.3 Å². The number of carbonyl (C=O) groups is 3. The number of benzene rings is 3. The number of ether oxygens (including phenoxy) is 4. The highest BCUT2D eigenvalue weighted by Gasteiger charge is 2.51. The maximum atomic E-state index is 14.5. The number of carbonyl (C=O) groups excluding carboxylic acids is 3. The molecule has 4 atom stereocenters. The minimum Gasteiger partial charge on any atom is -0.505 e. The molecular formula is C31H24FNO9. The summed E-state index contributed by atoms with van der Waals surface area (Å²) in [4.78, 5) is 51.7. The second-order valence-corrected chi connectivity index (χ2v) is 9.23. The summed E-state index contributed by atoms with van der Waals surface area (Å²) in [6, 6.07) is 24.9. The van der Waals surface area contributed by atoms with Crippen molar-refractivity contribution in [2.45, 2.75) is 24.5 Å². The lowest BCUT2D eigenvalue weighted by molar-refractivity contribution is -0.0639. The van der Waals surface area contributed by atoms with Crippen LogP contribution in [-0.2, 0) is 18.9 Å². The Labute approximate surface area is 238 Å². The number of hydrogen-bond donors (Lipinski definition) is 1. The van der Waals surface area contributed by atoms with E-state index in [-0.39, 0.29) is 16.7 Å². The SMILES string of the molecule is O=C(OC[C@H]1O[C@@H](n2ccc(O)c(F)c2=O)[C@H](OC(=O)c2ccccc2)[C@@H]1OC(=O)c1ccccc1)c1ccccc1. The molecule has 0 radical (unpaired) electrons. The Bertz CT molecular complexity index is 1630. The molecule has 0 unspecified atom stereocenters. The number of nitrogens with zero attached hydrogens (tertiary/aromatic N) is 1. The van der Waals surface area contributed by atoms with Crippen LogP contribution in [0, 0.1) is 5.82 Å². The zero-order valence-corrected chi connectivity index (χ0v) is 21.9. The highest BCUT2D eigenvalue weighted by molar-refractivity contribution is 5.91. The van der Waals surface area contributed by atoms with E-state index in [1.54, 1.807) is 54.6 Å². The first-order chi connectivity index (χ1) is 20.3. The Morgan fingerprint density at radius 1 is 0.738 bits per heavy atom. The molecule has 0 spiro atoms. The predicted molar refractivity (Wildman–Crippen MR) is 144 cm³/mol. The molecular weight excluding hydrogens is 549 g/mol. The van der Waals surface area contributed by atoms with Gasteiger partial charge < -0.3 is 24.1 Å². The van der Waals surface area contributed by atoms with E-state index in [0.717, 1.165) is 16.8 Å².